The smallest absolute Gasteiger partial charge is 0.117 e. The summed E-state index contributed by atoms with van der Waals surface area (Å²) in [6, 6.07) is 24.5. The SMILES string of the molecule is CCON=C(c1ccccc1)c1cccc(-c2ccc3nccnc3c2)c1. The maximum Gasteiger partial charge on any atom is 0.117 e. The van der Waals surface area contributed by atoms with E-state index in [1.807, 2.05) is 49.4 Å². The van der Waals surface area contributed by atoms with Gasteiger partial charge in [0.05, 0.1) is 11.0 Å². The van der Waals surface area contributed by atoms with E-state index < -0.39 is 0 Å². The van der Waals surface area contributed by atoms with Crippen molar-refractivity contribution in [2.75, 3.05) is 6.61 Å². The molecule has 0 radical (unpaired) electrons. The third-order valence-corrected chi connectivity index (χ3v) is 4.27. The van der Waals surface area contributed by atoms with Crippen LogP contribution in [0.2, 0.25) is 0 Å². The van der Waals surface area contributed by atoms with E-state index in [0.29, 0.717) is 6.61 Å². The van der Waals surface area contributed by atoms with E-state index in [-0.39, 0.29) is 0 Å². The molecule has 0 spiro atoms. The van der Waals surface area contributed by atoms with Crippen molar-refractivity contribution in [1.82, 2.24) is 9.97 Å². The quantitative estimate of drug-likeness (QED) is 0.371. The van der Waals surface area contributed by atoms with Gasteiger partial charge in [-0.05, 0) is 36.2 Å². The fourth-order valence-electron chi connectivity index (χ4n) is 2.99. The summed E-state index contributed by atoms with van der Waals surface area (Å²) in [5, 5.41) is 4.36. The first kappa shape index (κ1) is 16.9. The first-order valence-electron chi connectivity index (χ1n) is 8.92. The molecular weight excluding hydrogens is 334 g/mol. The average molecular weight is 353 g/mol. The topological polar surface area (TPSA) is 47.4 Å². The van der Waals surface area contributed by atoms with Crippen molar-refractivity contribution in [2.24, 2.45) is 5.16 Å². The zero-order chi connectivity index (χ0) is 18.5. The minimum Gasteiger partial charge on any atom is -0.396 e. The van der Waals surface area contributed by atoms with Gasteiger partial charge in [0.15, 0.2) is 0 Å². The normalized spacial score (nSPS) is 11.5. The van der Waals surface area contributed by atoms with Gasteiger partial charge < -0.3 is 4.84 Å². The van der Waals surface area contributed by atoms with Gasteiger partial charge in [0.2, 0.25) is 0 Å². The molecule has 4 aromatic rings. The lowest BCUT2D eigenvalue weighted by Gasteiger charge is -2.10. The Balaban J connectivity index is 1.78. The van der Waals surface area contributed by atoms with E-state index in [9.17, 15) is 0 Å². The van der Waals surface area contributed by atoms with Crippen molar-refractivity contribution in [3.8, 4) is 11.1 Å². The molecule has 0 bridgehead atoms. The maximum atomic E-state index is 5.38. The lowest BCUT2D eigenvalue weighted by molar-refractivity contribution is 0.159. The molecule has 0 saturated heterocycles. The molecule has 4 rings (SSSR count). The van der Waals surface area contributed by atoms with E-state index in [1.54, 1.807) is 12.4 Å². The fourth-order valence-corrected chi connectivity index (χ4v) is 2.99. The number of aromatic nitrogens is 2. The summed E-state index contributed by atoms with van der Waals surface area (Å²) in [6.45, 7) is 2.46. The summed E-state index contributed by atoms with van der Waals surface area (Å²) in [6.07, 6.45) is 3.42. The summed E-state index contributed by atoms with van der Waals surface area (Å²) in [4.78, 5) is 14.1. The van der Waals surface area contributed by atoms with Crippen LogP contribution in [0.25, 0.3) is 22.2 Å². The Hall–Kier alpha value is -3.53. The van der Waals surface area contributed by atoms with Crippen LogP contribution in [0.15, 0.2) is 90.3 Å². The molecule has 0 atom stereocenters. The molecule has 0 fully saturated rings. The van der Waals surface area contributed by atoms with Crippen LogP contribution in [0.5, 0.6) is 0 Å². The third kappa shape index (κ3) is 3.70. The standard InChI is InChI=1S/C23H19N3O/c1-2-27-26-23(17-7-4-3-5-8-17)20-10-6-9-18(15-20)19-11-12-21-22(16-19)25-14-13-24-21/h3-16H,2H2,1H3. The molecule has 0 aliphatic carbocycles. The molecule has 1 heterocycles. The molecular formula is C23H19N3O. The summed E-state index contributed by atoms with van der Waals surface area (Å²) < 4.78 is 0. The molecule has 0 saturated carbocycles. The van der Waals surface area contributed by atoms with Gasteiger partial charge in [-0.1, -0.05) is 59.8 Å². The first-order valence-corrected chi connectivity index (χ1v) is 8.92. The molecule has 0 N–H and O–H groups in total. The molecule has 0 aliphatic heterocycles. The highest BCUT2D eigenvalue weighted by Gasteiger charge is 2.10. The van der Waals surface area contributed by atoms with E-state index >= 15 is 0 Å². The maximum absolute atomic E-state index is 5.38. The van der Waals surface area contributed by atoms with Crippen molar-refractivity contribution < 1.29 is 4.84 Å². The van der Waals surface area contributed by atoms with E-state index in [4.69, 9.17) is 4.84 Å². The van der Waals surface area contributed by atoms with Crippen LogP contribution in [0.3, 0.4) is 0 Å². The summed E-state index contributed by atoms with van der Waals surface area (Å²) in [7, 11) is 0. The second kappa shape index (κ2) is 7.79. The predicted octanol–water partition coefficient (Wildman–Crippen LogP) is 5.09. The highest BCUT2D eigenvalue weighted by Crippen LogP contribution is 2.24. The van der Waals surface area contributed by atoms with Gasteiger partial charge in [0.25, 0.3) is 0 Å². The third-order valence-electron chi connectivity index (χ3n) is 4.27. The van der Waals surface area contributed by atoms with Crippen LogP contribution in [-0.2, 0) is 4.84 Å². The summed E-state index contributed by atoms with van der Waals surface area (Å²) in [5.41, 5.74) is 6.81. The lowest BCUT2D eigenvalue weighted by atomic mass is 9.97. The Labute approximate surface area is 158 Å². The molecule has 0 aliphatic rings. The lowest BCUT2D eigenvalue weighted by Crippen LogP contribution is -2.04. The van der Waals surface area contributed by atoms with Crippen LogP contribution < -0.4 is 0 Å². The second-order valence-electron chi connectivity index (χ2n) is 6.06. The number of nitrogens with zero attached hydrogens (tertiary/aromatic N) is 3. The largest absolute Gasteiger partial charge is 0.396 e. The molecule has 1 aromatic heterocycles. The number of fused-ring (bicyclic) bond motifs is 1. The monoisotopic (exact) mass is 353 g/mol. The number of oxime groups is 1. The molecule has 3 aromatic carbocycles. The van der Waals surface area contributed by atoms with Crippen LogP contribution in [0.4, 0.5) is 0 Å². The Morgan fingerprint density at radius 1 is 0.778 bits per heavy atom. The highest BCUT2D eigenvalue weighted by molar-refractivity contribution is 6.13. The van der Waals surface area contributed by atoms with Crippen molar-refractivity contribution in [2.45, 2.75) is 6.92 Å². The molecule has 0 amide bonds. The number of benzene rings is 3. The zero-order valence-corrected chi connectivity index (χ0v) is 15.0. The van der Waals surface area contributed by atoms with Gasteiger partial charge in [0, 0.05) is 23.5 Å². The van der Waals surface area contributed by atoms with Gasteiger partial charge in [-0.2, -0.15) is 0 Å². The van der Waals surface area contributed by atoms with Crippen LogP contribution >= 0.6 is 0 Å². The Morgan fingerprint density at radius 2 is 1.52 bits per heavy atom. The van der Waals surface area contributed by atoms with Crippen LogP contribution in [0, 0.1) is 0 Å². The first-order chi connectivity index (χ1) is 13.3. The summed E-state index contributed by atoms with van der Waals surface area (Å²) >= 11 is 0. The molecule has 4 nitrogen and oxygen atoms in total. The number of rotatable bonds is 5. The molecule has 4 heteroatoms. The molecule has 0 unspecified atom stereocenters. The predicted molar refractivity (Wildman–Crippen MR) is 109 cm³/mol. The minimum absolute atomic E-state index is 0.527. The second-order valence-corrected chi connectivity index (χ2v) is 6.06. The van der Waals surface area contributed by atoms with Gasteiger partial charge >= 0.3 is 0 Å². The zero-order valence-electron chi connectivity index (χ0n) is 15.0. The van der Waals surface area contributed by atoms with Crippen molar-refractivity contribution in [1.29, 1.82) is 0 Å². The number of hydrogen-bond acceptors (Lipinski definition) is 4. The van der Waals surface area contributed by atoms with Gasteiger partial charge in [-0.15, -0.1) is 0 Å². The van der Waals surface area contributed by atoms with E-state index in [0.717, 1.165) is 39.0 Å². The van der Waals surface area contributed by atoms with Gasteiger partial charge in [-0.25, -0.2) is 0 Å². The van der Waals surface area contributed by atoms with Gasteiger partial charge in [0.1, 0.15) is 12.3 Å². The average Bonchev–Trinajstić information content (AvgIpc) is 2.75. The molecule has 132 valence electrons. The minimum atomic E-state index is 0.527. The van der Waals surface area contributed by atoms with Crippen molar-refractivity contribution >= 4 is 16.7 Å². The number of hydrogen-bond donors (Lipinski definition) is 0. The van der Waals surface area contributed by atoms with Crippen molar-refractivity contribution in [3.05, 3.63) is 96.3 Å². The fraction of sp³-hybridized carbons (Fsp3) is 0.0870. The summed E-state index contributed by atoms with van der Waals surface area (Å²) in [5.74, 6) is 0. The Morgan fingerprint density at radius 3 is 2.33 bits per heavy atom. The van der Waals surface area contributed by atoms with Crippen LogP contribution in [0.1, 0.15) is 18.1 Å². The van der Waals surface area contributed by atoms with E-state index in [1.165, 1.54) is 0 Å². The Kier molecular flexibility index (Phi) is 4.88. The molecule has 27 heavy (non-hydrogen) atoms. The van der Waals surface area contributed by atoms with Crippen molar-refractivity contribution in [3.63, 3.8) is 0 Å². The van der Waals surface area contributed by atoms with Gasteiger partial charge in [-0.3, -0.25) is 9.97 Å². The van der Waals surface area contributed by atoms with Crippen LogP contribution in [-0.4, -0.2) is 22.3 Å². The Bertz CT molecular complexity index is 1090. The van der Waals surface area contributed by atoms with E-state index in [2.05, 4.69) is 45.5 Å². The highest BCUT2D eigenvalue weighted by atomic mass is 16.6.